The standard InChI is InChI=1S/C14H23N3O2S/c1-8-13(20-10(3)16-8)9(2)17(4)14(18)12-6-5-11(7-15)19-12/h9,11-12H,5-7,15H2,1-4H3/t9?,11-,12+/m1/s1. The van der Waals surface area contributed by atoms with Gasteiger partial charge in [0.1, 0.15) is 6.10 Å². The van der Waals surface area contributed by atoms with Gasteiger partial charge in [-0.25, -0.2) is 4.98 Å². The third kappa shape index (κ3) is 3.02. The summed E-state index contributed by atoms with van der Waals surface area (Å²) in [6.45, 7) is 6.50. The maximum Gasteiger partial charge on any atom is 0.251 e. The summed E-state index contributed by atoms with van der Waals surface area (Å²) in [5.41, 5.74) is 6.60. The molecule has 0 radical (unpaired) electrons. The second-order valence-corrected chi connectivity index (χ2v) is 6.60. The van der Waals surface area contributed by atoms with Crippen LogP contribution >= 0.6 is 11.3 Å². The fourth-order valence-corrected chi connectivity index (χ4v) is 3.61. The lowest BCUT2D eigenvalue weighted by molar-refractivity contribution is -0.143. The minimum atomic E-state index is -0.342. The Hall–Kier alpha value is -0.980. The normalized spacial score (nSPS) is 23.9. The maximum absolute atomic E-state index is 12.5. The van der Waals surface area contributed by atoms with Gasteiger partial charge in [-0.3, -0.25) is 4.79 Å². The zero-order valence-electron chi connectivity index (χ0n) is 12.5. The van der Waals surface area contributed by atoms with Crippen LogP contribution in [0.4, 0.5) is 0 Å². The first-order valence-corrected chi connectivity index (χ1v) is 7.81. The first kappa shape index (κ1) is 15.4. The number of carbonyl (C=O) groups is 1. The van der Waals surface area contributed by atoms with Crippen LogP contribution in [-0.4, -0.2) is 41.6 Å². The molecule has 0 bridgehead atoms. The molecule has 0 aromatic carbocycles. The molecule has 2 N–H and O–H groups in total. The van der Waals surface area contributed by atoms with E-state index in [1.807, 2.05) is 27.8 Å². The Kier molecular flexibility index (Phi) is 4.78. The van der Waals surface area contributed by atoms with E-state index in [0.717, 1.165) is 28.4 Å². The van der Waals surface area contributed by atoms with Crippen LogP contribution in [-0.2, 0) is 9.53 Å². The Balaban J connectivity index is 2.05. The average molecular weight is 297 g/mol. The van der Waals surface area contributed by atoms with Crippen molar-refractivity contribution in [3.8, 4) is 0 Å². The molecule has 5 nitrogen and oxygen atoms in total. The highest BCUT2D eigenvalue weighted by Crippen LogP contribution is 2.30. The van der Waals surface area contributed by atoms with E-state index >= 15 is 0 Å². The van der Waals surface area contributed by atoms with Crippen molar-refractivity contribution >= 4 is 17.2 Å². The number of hydrogen-bond acceptors (Lipinski definition) is 5. The fraction of sp³-hybridized carbons (Fsp3) is 0.714. The Morgan fingerprint density at radius 3 is 2.75 bits per heavy atom. The van der Waals surface area contributed by atoms with Gasteiger partial charge in [0.05, 0.1) is 22.8 Å². The van der Waals surface area contributed by atoms with Crippen LogP contribution in [0.1, 0.15) is 41.4 Å². The van der Waals surface area contributed by atoms with Crippen LogP contribution < -0.4 is 5.73 Å². The second-order valence-electron chi connectivity index (χ2n) is 5.37. The maximum atomic E-state index is 12.5. The number of amides is 1. The smallest absolute Gasteiger partial charge is 0.251 e. The summed E-state index contributed by atoms with van der Waals surface area (Å²) in [6, 6.07) is 0.0224. The first-order chi connectivity index (χ1) is 9.43. The van der Waals surface area contributed by atoms with E-state index in [0.29, 0.717) is 6.54 Å². The number of thiazole rings is 1. The molecule has 1 saturated heterocycles. The van der Waals surface area contributed by atoms with E-state index in [-0.39, 0.29) is 24.2 Å². The van der Waals surface area contributed by atoms with Crippen LogP contribution in [0.2, 0.25) is 0 Å². The van der Waals surface area contributed by atoms with Gasteiger partial charge in [0.15, 0.2) is 0 Å². The average Bonchev–Trinajstić information content (AvgIpc) is 3.02. The molecule has 6 heteroatoms. The number of aryl methyl sites for hydroxylation is 2. The zero-order valence-corrected chi connectivity index (χ0v) is 13.4. The summed E-state index contributed by atoms with van der Waals surface area (Å²) < 4.78 is 5.69. The summed E-state index contributed by atoms with van der Waals surface area (Å²) in [5.74, 6) is 0.0407. The molecule has 2 rings (SSSR count). The van der Waals surface area contributed by atoms with Crippen molar-refractivity contribution < 1.29 is 9.53 Å². The Bertz CT molecular complexity index is 489. The molecule has 1 aromatic rings. The predicted octanol–water partition coefficient (Wildman–Crippen LogP) is 1.79. The van der Waals surface area contributed by atoms with Gasteiger partial charge in [-0.2, -0.15) is 0 Å². The number of nitrogens with two attached hydrogens (primary N) is 1. The Morgan fingerprint density at radius 2 is 2.25 bits per heavy atom. The number of likely N-dealkylation sites (N-methyl/N-ethyl adjacent to an activating group) is 1. The van der Waals surface area contributed by atoms with Crippen molar-refractivity contribution in [2.75, 3.05) is 13.6 Å². The highest BCUT2D eigenvalue weighted by molar-refractivity contribution is 7.11. The number of aromatic nitrogens is 1. The molecular weight excluding hydrogens is 274 g/mol. The highest BCUT2D eigenvalue weighted by atomic mass is 32.1. The van der Waals surface area contributed by atoms with Gasteiger partial charge in [-0.15, -0.1) is 11.3 Å². The summed E-state index contributed by atoms with van der Waals surface area (Å²) in [7, 11) is 1.83. The van der Waals surface area contributed by atoms with Crippen molar-refractivity contribution in [3.63, 3.8) is 0 Å². The second kappa shape index (κ2) is 6.20. The lowest BCUT2D eigenvalue weighted by atomic mass is 10.1. The molecule has 0 spiro atoms. The summed E-state index contributed by atoms with van der Waals surface area (Å²) in [5, 5.41) is 1.03. The molecule has 1 aromatic heterocycles. The molecule has 1 aliphatic heterocycles. The zero-order chi connectivity index (χ0) is 14.9. The van der Waals surface area contributed by atoms with Crippen LogP contribution in [0.25, 0.3) is 0 Å². The number of rotatable bonds is 4. The monoisotopic (exact) mass is 297 g/mol. The van der Waals surface area contributed by atoms with Crippen LogP contribution in [0.15, 0.2) is 0 Å². The predicted molar refractivity (Wildman–Crippen MR) is 79.7 cm³/mol. The van der Waals surface area contributed by atoms with Crippen molar-refractivity contribution in [1.82, 2.24) is 9.88 Å². The summed E-state index contributed by atoms with van der Waals surface area (Å²) in [6.07, 6.45) is 1.32. The van der Waals surface area contributed by atoms with E-state index in [4.69, 9.17) is 10.5 Å². The van der Waals surface area contributed by atoms with Crippen molar-refractivity contribution in [2.24, 2.45) is 5.73 Å². The molecule has 20 heavy (non-hydrogen) atoms. The van der Waals surface area contributed by atoms with E-state index in [1.54, 1.807) is 16.2 Å². The molecule has 1 unspecified atom stereocenters. The number of hydrogen-bond donors (Lipinski definition) is 1. The molecule has 2 heterocycles. The SMILES string of the molecule is Cc1nc(C)c(C(C)N(C)C(=O)[C@@H]2CC[C@H](CN)O2)s1. The van der Waals surface area contributed by atoms with Gasteiger partial charge in [0.2, 0.25) is 0 Å². The number of ether oxygens (including phenoxy) is 1. The summed E-state index contributed by atoms with van der Waals surface area (Å²) >= 11 is 1.65. The van der Waals surface area contributed by atoms with Gasteiger partial charge in [0, 0.05) is 18.5 Å². The summed E-state index contributed by atoms with van der Waals surface area (Å²) in [4.78, 5) is 19.8. The number of carbonyl (C=O) groups excluding carboxylic acids is 1. The topological polar surface area (TPSA) is 68.5 Å². The molecular formula is C14H23N3O2S. The van der Waals surface area contributed by atoms with E-state index < -0.39 is 0 Å². The molecule has 112 valence electrons. The third-order valence-electron chi connectivity index (χ3n) is 3.89. The molecule has 0 saturated carbocycles. The van der Waals surface area contributed by atoms with E-state index in [2.05, 4.69) is 4.98 Å². The molecule has 1 amide bonds. The molecule has 1 fully saturated rings. The lowest BCUT2D eigenvalue weighted by Crippen LogP contribution is -2.38. The van der Waals surface area contributed by atoms with Crippen molar-refractivity contribution in [1.29, 1.82) is 0 Å². The molecule has 1 aliphatic rings. The highest BCUT2D eigenvalue weighted by Gasteiger charge is 2.34. The van der Waals surface area contributed by atoms with Gasteiger partial charge in [-0.05, 0) is 33.6 Å². The van der Waals surface area contributed by atoms with Crippen LogP contribution in [0.3, 0.4) is 0 Å². The van der Waals surface area contributed by atoms with Gasteiger partial charge in [-0.1, -0.05) is 0 Å². The van der Waals surface area contributed by atoms with Crippen LogP contribution in [0, 0.1) is 13.8 Å². The molecule has 3 atom stereocenters. The van der Waals surface area contributed by atoms with Gasteiger partial charge < -0.3 is 15.4 Å². The minimum absolute atomic E-state index is 0.0224. The van der Waals surface area contributed by atoms with Gasteiger partial charge >= 0.3 is 0 Å². The first-order valence-electron chi connectivity index (χ1n) is 7.00. The Labute approximate surface area is 124 Å². The van der Waals surface area contributed by atoms with Crippen molar-refractivity contribution in [3.05, 3.63) is 15.6 Å². The number of nitrogens with zero attached hydrogens (tertiary/aromatic N) is 2. The fourth-order valence-electron chi connectivity index (χ4n) is 2.59. The lowest BCUT2D eigenvalue weighted by Gasteiger charge is -2.27. The Morgan fingerprint density at radius 1 is 1.55 bits per heavy atom. The largest absolute Gasteiger partial charge is 0.364 e. The van der Waals surface area contributed by atoms with Crippen molar-refractivity contribution in [2.45, 2.75) is 51.9 Å². The van der Waals surface area contributed by atoms with E-state index in [9.17, 15) is 4.79 Å². The third-order valence-corrected chi connectivity index (χ3v) is 5.14. The molecule has 0 aliphatic carbocycles. The van der Waals surface area contributed by atoms with Gasteiger partial charge in [0.25, 0.3) is 5.91 Å². The van der Waals surface area contributed by atoms with Crippen LogP contribution in [0.5, 0.6) is 0 Å². The quantitative estimate of drug-likeness (QED) is 0.920. The minimum Gasteiger partial charge on any atom is -0.364 e. The van der Waals surface area contributed by atoms with E-state index in [1.165, 1.54) is 0 Å².